The van der Waals surface area contributed by atoms with Crippen molar-refractivity contribution in [2.24, 2.45) is 5.41 Å². The number of rotatable bonds is 10. The predicted molar refractivity (Wildman–Crippen MR) is 124 cm³/mol. The average Bonchev–Trinajstić information content (AvgIpc) is 2.77. The molecule has 0 spiro atoms. The van der Waals surface area contributed by atoms with Crippen molar-refractivity contribution in [1.82, 2.24) is 0 Å². The molecule has 0 amide bonds. The number of carbonyl (C=O) groups is 2. The Kier molecular flexibility index (Phi) is 8.64. The second-order valence-electron chi connectivity index (χ2n) is 8.06. The van der Waals surface area contributed by atoms with Crippen LogP contribution in [-0.4, -0.2) is 32.8 Å². The summed E-state index contributed by atoms with van der Waals surface area (Å²) in [5.74, 6) is 1.29. The Morgan fingerprint density at radius 2 is 1.66 bits per heavy atom. The van der Waals surface area contributed by atoms with E-state index in [0.29, 0.717) is 29.2 Å². The molecule has 2 rings (SSSR count). The molecule has 0 aliphatic heterocycles. The Morgan fingerprint density at radius 1 is 1.00 bits per heavy atom. The van der Waals surface area contributed by atoms with Gasteiger partial charge in [0.25, 0.3) is 0 Å². The Hall–Kier alpha value is -3.54. The smallest absolute Gasteiger partial charge is 0.314 e. The van der Waals surface area contributed by atoms with Crippen LogP contribution in [0.5, 0.6) is 17.2 Å². The summed E-state index contributed by atoms with van der Waals surface area (Å²) < 4.78 is 21.3. The van der Waals surface area contributed by atoms with Crippen molar-refractivity contribution in [3.8, 4) is 17.2 Å². The lowest BCUT2D eigenvalue weighted by atomic mass is 9.98. The normalized spacial score (nSPS) is 11.2. The van der Waals surface area contributed by atoms with Gasteiger partial charge in [-0.1, -0.05) is 6.08 Å². The largest absolute Gasteiger partial charge is 0.496 e. The van der Waals surface area contributed by atoms with E-state index in [9.17, 15) is 9.59 Å². The molecule has 0 atom stereocenters. The molecule has 0 fully saturated rings. The van der Waals surface area contributed by atoms with E-state index in [-0.39, 0.29) is 18.5 Å². The van der Waals surface area contributed by atoms with Gasteiger partial charge in [0.15, 0.2) is 5.78 Å². The second-order valence-corrected chi connectivity index (χ2v) is 8.06. The summed E-state index contributed by atoms with van der Waals surface area (Å²) in [6.07, 6.45) is 5.62. The molecule has 0 N–H and O–H groups in total. The number of allylic oxidation sites excluding steroid dienone is 2. The zero-order valence-corrected chi connectivity index (χ0v) is 19.3. The van der Waals surface area contributed by atoms with Gasteiger partial charge in [0.2, 0.25) is 6.79 Å². The van der Waals surface area contributed by atoms with Gasteiger partial charge in [-0.2, -0.15) is 0 Å². The number of benzene rings is 2. The highest BCUT2D eigenvalue weighted by Crippen LogP contribution is 2.30. The third-order valence-corrected chi connectivity index (χ3v) is 4.58. The molecule has 0 bridgehead atoms. The number of carbonyl (C=O) groups excluding carboxylic acids is 2. The molecule has 0 aliphatic carbocycles. The summed E-state index contributed by atoms with van der Waals surface area (Å²) in [5.41, 5.74) is 1.62. The summed E-state index contributed by atoms with van der Waals surface area (Å²) in [5, 5.41) is 0. The topological polar surface area (TPSA) is 71.1 Å². The molecule has 0 radical (unpaired) electrons. The van der Waals surface area contributed by atoms with Crippen LogP contribution in [-0.2, 0) is 16.0 Å². The van der Waals surface area contributed by atoms with E-state index in [1.807, 2.05) is 6.07 Å². The Bertz CT molecular complexity index is 981. The maximum Gasteiger partial charge on any atom is 0.314 e. The molecule has 0 aromatic heterocycles. The number of ketones is 1. The third-order valence-electron chi connectivity index (χ3n) is 4.58. The van der Waals surface area contributed by atoms with Gasteiger partial charge in [-0.15, -0.1) is 6.58 Å². The summed E-state index contributed by atoms with van der Waals surface area (Å²) in [6, 6.07) is 10.3. The van der Waals surface area contributed by atoms with E-state index < -0.39 is 5.41 Å². The van der Waals surface area contributed by atoms with Crippen molar-refractivity contribution >= 4 is 17.8 Å². The monoisotopic (exact) mass is 438 g/mol. The molecule has 2 aromatic rings. The standard InChI is InChI=1S/C26H30O6/c1-7-8-19-15-20(24(30-6)16-23(19)29-5)11-14-22(27)18-9-12-21(13-10-18)31-17-32-25(28)26(2,3)4/h7,9-16H,1,8,17H2,2-6H3/b14-11+. The van der Waals surface area contributed by atoms with Crippen LogP contribution >= 0.6 is 0 Å². The molecule has 0 heterocycles. The van der Waals surface area contributed by atoms with Crippen LogP contribution in [0.3, 0.4) is 0 Å². The van der Waals surface area contributed by atoms with E-state index in [4.69, 9.17) is 18.9 Å². The lowest BCUT2D eigenvalue weighted by Crippen LogP contribution is -2.24. The molecule has 0 unspecified atom stereocenters. The summed E-state index contributed by atoms with van der Waals surface area (Å²) in [7, 11) is 3.17. The van der Waals surface area contributed by atoms with Crippen molar-refractivity contribution < 1.29 is 28.5 Å². The Morgan fingerprint density at radius 3 is 2.22 bits per heavy atom. The SMILES string of the molecule is C=CCc1cc(/C=C/C(=O)c2ccc(OCOC(=O)C(C)(C)C)cc2)c(OC)cc1OC. The molecule has 2 aromatic carbocycles. The van der Waals surface area contributed by atoms with E-state index in [1.54, 1.807) is 77.5 Å². The molecule has 6 heteroatoms. The fourth-order valence-corrected chi connectivity index (χ4v) is 2.78. The van der Waals surface area contributed by atoms with E-state index in [1.165, 1.54) is 6.08 Å². The molecule has 32 heavy (non-hydrogen) atoms. The van der Waals surface area contributed by atoms with Gasteiger partial charge >= 0.3 is 5.97 Å². The summed E-state index contributed by atoms with van der Waals surface area (Å²) in [4.78, 5) is 24.3. The zero-order valence-electron chi connectivity index (χ0n) is 19.3. The number of hydrogen-bond donors (Lipinski definition) is 0. The zero-order chi connectivity index (χ0) is 23.7. The van der Waals surface area contributed by atoms with Gasteiger partial charge < -0.3 is 18.9 Å². The first-order valence-electron chi connectivity index (χ1n) is 10.2. The van der Waals surface area contributed by atoms with Crippen LogP contribution in [0, 0.1) is 5.41 Å². The minimum absolute atomic E-state index is 0.168. The first-order chi connectivity index (χ1) is 15.2. The van der Waals surface area contributed by atoms with Gasteiger partial charge in [-0.25, -0.2) is 0 Å². The minimum atomic E-state index is -0.592. The van der Waals surface area contributed by atoms with E-state index in [0.717, 1.165) is 11.1 Å². The number of hydrogen-bond acceptors (Lipinski definition) is 6. The molecular formula is C26H30O6. The quantitative estimate of drug-likeness (QED) is 0.166. The predicted octanol–water partition coefficient (Wildman–Crippen LogP) is 5.25. The van der Waals surface area contributed by atoms with Crippen molar-refractivity contribution in [2.75, 3.05) is 21.0 Å². The van der Waals surface area contributed by atoms with E-state index >= 15 is 0 Å². The number of esters is 1. The molecule has 0 saturated heterocycles. The van der Waals surface area contributed by atoms with Crippen molar-refractivity contribution in [2.45, 2.75) is 27.2 Å². The van der Waals surface area contributed by atoms with Gasteiger partial charge in [-0.3, -0.25) is 9.59 Å². The first kappa shape index (κ1) is 24.7. The van der Waals surface area contributed by atoms with Crippen LogP contribution in [0.1, 0.15) is 42.3 Å². The van der Waals surface area contributed by atoms with Crippen LogP contribution in [0.25, 0.3) is 6.08 Å². The Balaban J connectivity index is 2.07. The third kappa shape index (κ3) is 6.74. The Labute approximate surface area is 189 Å². The first-order valence-corrected chi connectivity index (χ1v) is 10.2. The van der Waals surface area contributed by atoms with E-state index in [2.05, 4.69) is 6.58 Å². The van der Waals surface area contributed by atoms with Crippen molar-refractivity contribution in [3.05, 3.63) is 71.8 Å². The molecule has 6 nitrogen and oxygen atoms in total. The van der Waals surface area contributed by atoms with Gasteiger partial charge in [0.05, 0.1) is 19.6 Å². The van der Waals surface area contributed by atoms with Crippen LogP contribution in [0.15, 0.2) is 55.1 Å². The average molecular weight is 439 g/mol. The summed E-state index contributed by atoms with van der Waals surface area (Å²) >= 11 is 0. The highest BCUT2D eigenvalue weighted by Gasteiger charge is 2.23. The fourth-order valence-electron chi connectivity index (χ4n) is 2.78. The fraction of sp³-hybridized carbons (Fsp3) is 0.308. The number of ether oxygens (including phenoxy) is 4. The highest BCUT2D eigenvalue weighted by atomic mass is 16.7. The van der Waals surface area contributed by atoms with Crippen molar-refractivity contribution in [3.63, 3.8) is 0 Å². The van der Waals surface area contributed by atoms with Gasteiger partial charge in [0, 0.05) is 17.2 Å². The van der Waals surface area contributed by atoms with Gasteiger partial charge in [0.1, 0.15) is 17.2 Å². The molecular weight excluding hydrogens is 408 g/mol. The molecule has 0 saturated carbocycles. The lowest BCUT2D eigenvalue weighted by Gasteiger charge is -2.16. The maximum absolute atomic E-state index is 12.6. The lowest BCUT2D eigenvalue weighted by molar-refractivity contribution is -0.159. The van der Waals surface area contributed by atoms with Crippen LogP contribution in [0.4, 0.5) is 0 Å². The highest BCUT2D eigenvalue weighted by molar-refractivity contribution is 6.07. The second kappa shape index (κ2) is 11.2. The number of methoxy groups -OCH3 is 2. The maximum atomic E-state index is 12.6. The van der Waals surface area contributed by atoms with Crippen LogP contribution in [0.2, 0.25) is 0 Å². The molecule has 0 aliphatic rings. The minimum Gasteiger partial charge on any atom is -0.496 e. The summed E-state index contributed by atoms with van der Waals surface area (Å²) in [6.45, 7) is 8.89. The van der Waals surface area contributed by atoms with Gasteiger partial charge in [-0.05, 0) is 75.2 Å². The van der Waals surface area contributed by atoms with Crippen LogP contribution < -0.4 is 14.2 Å². The van der Waals surface area contributed by atoms with Crippen molar-refractivity contribution in [1.29, 1.82) is 0 Å². The molecule has 170 valence electrons.